The van der Waals surface area contributed by atoms with E-state index in [2.05, 4.69) is 32.2 Å². The third kappa shape index (κ3) is 3.54. The number of rotatable bonds is 7. The summed E-state index contributed by atoms with van der Waals surface area (Å²) >= 11 is 4.63. The van der Waals surface area contributed by atoms with Gasteiger partial charge >= 0.3 is 0 Å². The molecule has 6 nitrogen and oxygen atoms in total. The van der Waals surface area contributed by atoms with Crippen molar-refractivity contribution in [3.63, 3.8) is 0 Å². The van der Waals surface area contributed by atoms with Gasteiger partial charge in [0.15, 0.2) is 4.34 Å². The fraction of sp³-hybridized carbons (Fsp3) is 0.231. The number of thioether (sulfide) groups is 1. The van der Waals surface area contributed by atoms with Gasteiger partial charge in [-0.3, -0.25) is 0 Å². The van der Waals surface area contributed by atoms with Crippen LogP contribution in [0, 0.1) is 0 Å². The number of aromatic nitrogens is 4. The number of hydrogen-bond donors (Lipinski definition) is 1. The second-order valence-electron chi connectivity index (χ2n) is 4.24. The zero-order valence-electron chi connectivity index (χ0n) is 11.7. The molecule has 0 aliphatic rings. The first kappa shape index (κ1) is 15.2. The van der Waals surface area contributed by atoms with Crippen LogP contribution in [-0.4, -0.2) is 26.9 Å². The topological polar surface area (TPSA) is 76.7 Å². The molecule has 3 aromatic heterocycles. The maximum absolute atomic E-state index is 5.35. The minimum atomic E-state index is 0.0152. The molecule has 9 heteroatoms. The summed E-state index contributed by atoms with van der Waals surface area (Å²) in [5, 5.41) is 18.1. The van der Waals surface area contributed by atoms with Crippen molar-refractivity contribution in [2.45, 2.75) is 16.5 Å². The highest BCUT2D eigenvalue weighted by molar-refractivity contribution is 8.01. The van der Waals surface area contributed by atoms with E-state index < -0.39 is 0 Å². The molecule has 114 valence electrons. The van der Waals surface area contributed by atoms with E-state index in [9.17, 15) is 0 Å². The molecule has 0 amide bonds. The van der Waals surface area contributed by atoms with Gasteiger partial charge in [-0.05, 0) is 18.4 Å². The highest BCUT2D eigenvalue weighted by Gasteiger charge is 2.19. The van der Waals surface area contributed by atoms with Crippen molar-refractivity contribution in [3.8, 4) is 10.7 Å². The zero-order valence-corrected chi connectivity index (χ0v) is 14.2. The molecule has 0 radical (unpaired) electrons. The molecule has 1 atom stereocenters. The molecule has 0 saturated heterocycles. The van der Waals surface area contributed by atoms with Crippen molar-refractivity contribution in [1.82, 2.24) is 20.3 Å². The molecule has 22 heavy (non-hydrogen) atoms. The summed E-state index contributed by atoms with van der Waals surface area (Å²) in [6, 6.07) is 3.94. The van der Waals surface area contributed by atoms with Crippen LogP contribution in [0.5, 0.6) is 0 Å². The Morgan fingerprint density at radius 2 is 2.41 bits per heavy atom. The van der Waals surface area contributed by atoms with Crippen LogP contribution in [0.25, 0.3) is 10.7 Å². The molecule has 0 fully saturated rings. The van der Waals surface area contributed by atoms with Crippen molar-refractivity contribution in [2.24, 2.45) is 0 Å². The van der Waals surface area contributed by atoms with Crippen LogP contribution in [0.1, 0.15) is 18.1 Å². The van der Waals surface area contributed by atoms with E-state index in [4.69, 9.17) is 4.52 Å². The fourth-order valence-electron chi connectivity index (χ4n) is 1.60. The summed E-state index contributed by atoms with van der Waals surface area (Å²) in [5.74, 6) is 1.22. The Morgan fingerprint density at radius 3 is 3.18 bits per heavy atom. The minimum Gasteiger partial charge on any atom is -0.357 e. The third-order valence-corrected chi connectivity index (χ3v) is 5.53. The van der Waals surface area contributed by atoms with Crippen LogP contribution >= 0.6 is 34.4 Å². The molecule has 0 aliphatic carbocycles. The van der Waals surface area contributed by atoms with Gasteiger partial charge in [0.1, 0.15) is 0 Å². The second-order valence-corrected chi connectivity index (χ2v) is 7.75. The highest BCUT2D eigenvalue weighted by Crippen LogP contribution is 2.37. The quantitative estimate of drug-likeness (QED) is 0.507. The number of hydrogen-bond acceptors (Lipinski definition) is 9. The SMILES string of the molecule is C=CCNc1nnc(SC(C)c2nc(-c3cccs3)no2)s1. The van der Waals surface area contributed by atoms with E-state index >= 15 is 0 Å². The summed E-state index contributed by atoms with van der Waals surface area (Å²) in [5.41, 5.74) is 0. The van der Waals surface area contributed by atoms with Crippen molar-refractivity contribution < 1.29 is 4.52 Å². The lowest BCUT2D eigenvalue weighted by molar-refractivity contribution is 0.381. The predicted octanol–water partition coefficient (Wildman–Crippen LogP) is 4.10. The van der Waals surface area contributed by atoms with E-state index in [-0.39, 0.29) is 5.25 Å². The monoisotopic (exact) mass is 351 g/mol. The van der Waals surface area contributed by atoms with Crippen molar-refractivity contribution in [2.75, 3.05) is 11.9 Å². The van der Waals surface area contributed by atoms with Crippen molar-refractivity contribution in [1.29, 1.82) is 0 Å². The minimum absolute atomic E-state index is 0.0152. The molecule has 0 aromatic carbocycles. The van der Waals surface area contributed by atoms with Crippen LogP contribution in [0.2, 0.25) is 0 Å². The molecule has 1 unspecified atom stereocenters. The first-order chi connectivity index (χ1) is 10.8. The van der Waals surface area contributed by atoms with Gasteiger partial charge in [0.05, 0.1) is 10.1 Å². The van der Waals surface area contributed by atoms with E-state index in [0.717, 1.165) is 14.3 Å². The number of nitrogens with zero attached hydrogens (tertiary/aromatic N) is 4. The number of anilines is 1. The maximum Gasteiger partial charge on any atom is 0.240 e. The van der Waals surface area contributed by atoms with Crippen molar-refractivity contribution >= 4 is 39.6 Å². The highest BCUT2D eigenvalue weighted by atomic mass is 32.2. The van der Waals surface area contributed by atoms with Crippen LogP contribution in [-0.2, 0) is 0 Å². The van der Waals surface area contributed by atoms with Gasteiger partial charge < -0.3 is 9.84 Å². The second kappa shape index (κ2) is 7.03. The molecular weight excluding hydrogens is 338 g/mol. The van der Waals surface area contributed by atoms with Gasteiger partial charge in [0, 0.05) is 6.54 Å². The predicted molar refractivity (Wildman–Crippen MR) is 90.5 cm³/mol. The number of thiophene rings is 1. The average Bonchev–Trinajstić information content (AvgIpc) is 3.25. The average molecular weight is 351 g/mol. The van der Waals surface area contributed by atoms with Crippen LogP contribution in [0.4, 0.5) is 5.13 Å². The van der Waals surface area contributed by atoms with Gasteiger partial charge in [-0.25, -0.2) is 0 Å². The van der Waals surface area contributed by atoms with Gasteiger partial charge in [-0.15, -0.1) is 28.1 Å². The lowest BCUT2D eigenvalue weighted by atomic mass is 10.4. The summed E-state index contributed by atoms with van der Waals surface area (Å²) in [4.78, 5) is 5.44. The Hall–Kier alpha value is -1.71. The van der Waals surface area contributed by atoms with Crippen LogP contribution < -0.4 is 5.32 Å². The molecule has 3 heterocycles. The molecule has 3 aromatic rings. The largest absolute Gasteiger partial charge is 0.357 e. The Kier molecular flexibility index (Phi) is 4.86. The molecule has 0 saturated carbocycles. The lowest BCUT2D eigenvalue weighted by Crippen LogP contribution is -1.96. The number of nitrogens with one attached hydrogen (secondary N) is 1. The summed E-state index contributed by atoms with van der Waals surface area (Å²) in [7, 11) is 0. The summed E-state index contributed by atoms with van der Waals surface area (Å²) < 4.78 is 6.20. The summed E-state index contributed by atoms with van der Waals surface area (Å²) in [6.07, 6.45) is 1.78. The van der Waals surface area contributed by atoms with Gasteiger partial charge in [-0.2, -0.15) is 4.98 Å². The van der Waals surface area contributed by atoms with E-state index in [1.807, 2.05) is 24.4 Å². The molecular formula is C13H13N5OS3. The Morgan fingerprint density at radius 1 is 1.50 bits per heavy atom. The first-order valence-corrected chi connectivity index (χ1v) is 9.06. The Balaban J connectivity index is 1.65. The van der Waals surface area contributed by atoms with Crippen molar-refractivity contribution in [3.05, 3.63) is 36.1 Å². The smallest absolute Gasteiger partial charge is 0.240 e. The van der Waals surface area contributed by atoms with Gasteiger partial charge in [-0.1, -0.05) is 40.4 Å². The van der Waals surface area contributed by atoms with E-state index in [1.54, 1.807) is 29.2 Å². The van der Waals surface area contributed by atoms with E-state index in [1.165, 1.54) is 11.3 Å². The standard InChI is InChI=1S/C13H13N5OS3/c1-3-6-14-12-16-17-13(22-12)21-8(2)11-15-10(18-19-11)9-5-4-7-20-9/h3-5,7-8H,1,6H2,2H3,(H,14,16). The fourth-order valence-corrected chi connectivity index (χ4v) is 4.18. The Bertz CT molecular complexity index is 737. The van der Waals surface area contributed by atoms with Crippen LogP contribution in [0.3, 0.4) is 0 Å². The van der Waals surface area contributed by atoms with Gasteiger partial charge in [0.2, 0.25) is 16.8 Å². The Labute approximate surface area is 139 Å². The molecule has 3 rings (SSSR count). The molecule has 0 spiro atoms. The lowest BCUT2D eigenvalue weighted by Gasteiger charge is -2.01. The van der Waals surface area contributed by atoms with E-state index in [0.29, 0.717) is 18.3 Å². The molecule has 0 bridgehead atoms. The third-order valence-electron chi connectivity index (χ3n) is 2.61. The molecule has 1 N–H and O–H groups in total. The van der Waals surface area contributed by atoms with Crippen LogP contribution in [0.15, 0.2) is 39.0 Å². The maximum atomic E-state index is 5.35. The van der Waals surface area contributed by atoms with Gasteiger partial charge in [0.25, 0.3) is 0 Å². The normalized spacial score (nSPS) is 12.2. The first-order valence-electron chi connectivity index (χ1n) is 6.48. The zero-order chi connectivity index (χ0) is 15.4. The molecule has 0 aliphatic heterocycles. The summed E-state index contributed by atoms with van der Waals surface area (Å²) in [6.45, 7) is 6.33.